The van der Waals surface area contributed by atoms with Gasteiger partial charge in [-0.1, -0.05) is 18.2 Å². The van der Waals surface area contributed by atoms with E-state index in [4.69, 9.17) is 9.15 Å². The van der Waals surface area contributed by atoms with Gasteiger partial charge in [0, 0.05) is 33.0 Å². The maximum Gasteiger partial charge on any atom is 0.191 e. The van der Waals surface area contributed by atoms with E-state index in [2.05, 4.69) is 9.88 Å². The van der Waals surface area contributed by atoms with Crippen LogP contribution in [0, 0.1) is 12.7 Å². The minimum absolute atomic E-state index is 0.157. The Bertz CT molecular complexity index is 661. The summed E-state index contributed by atoms with van der Waals surface area (Å²) in [5, 5.41) is 9.87. The van der Waals surface area contributed by atoms with Gasteiger partial charge in [-0.05, 0) is 11.6 Å². The number of nitrogens with zero attached hydrogens (tertiary/aromatic N) is 2. The molecule has 1 aliphatic rings. The summed E-state index contributed by atoms with van der Waals surface area (Å²) in [6.07, 6.45) is 1.98. The Kier molecular flexibility index (Phi) is 4.75. The molecule has 3 rings (SSSR count). The van der Waals surface area contributed by atoms with Crippen molar-refractivity contribution in [2.24, 2.45) is 0 Å². The van der Waals surface area contributed by atoms with Crippen LogP contribution in [0.2, 0.25) is 0 Å². The van der Waals surface area contributed by atoms with Crippen molar-refractivity contribution in [3.8, 4) is 0 Å². The molecule has 1 fully saturated rings. The highest BCUT2D eigenvalue weighted by molar-refractivity contribution is 5.20. The Balaban J connectivity index is 1.72. The molecule has 5 nitrogen and oxygen atoms in total. The van der Waals surface area contributed by atoms with Crippen LogP contribution in [0.1, 0.15) is 17.1 Å². The fourth-order valence-corrected chi connectivity index (χ4v) is 3.02. The second-order valence-electron chi connectivity index (χ2n) is 6.03. The molecule has 23 heavy (non-hydrogen) atoms. The van der Waals surface area contributed by atoms with Gasteiger partial charge < -0.3 is 14.3 Å². The maximum atomic E-state index is 13.9. The molecule has 0 radical (unpaired) electrons. The van der Waals surface area contributed by atoms with Crippen LogP contribution in [0.25, 0.3) is 0 Å². The van der Waals surface area contributed by atoms with Gasteiger partial charge in [-0.2, -0.15) is 0 Å². The van der Waals surface area contributed by atoms with E-state index < -0.39 is 5.60 Å². The van der Waals surface area contributed by atoms with E-state index in [1.165, 1.54) is 6.07 Å². The topological polar surface area (TPSA) is 58.7 Å². The average molecular weight is 320 g/mol. The van der Waals surface area contributed by atoms with Gasteiger partial charge in [0.05, 0.1) is 18.9 Å². The molecule has 2 heterocycles. The van der Waals surface area contributed by atoms with Crippen LogP contribution in [0.3, 0.4) is 0 Å². The molecule has 124 valence electrons. The predicted octanol–water partition coefficient (Wildman–Crippen LogP) is 1.93. The summed E-state index contributed by atoms with van der Waals surface area (Å²) in [5.41, 5.74) is 0.613. The van der Waals surface area contributed by atoms with Crippen LogP contribution in [0.4, 0.5) is 4.39 Å². The fraction of sp³-hybridized carbons (Fsp3) is 0.471. The van der Waals surface area contributed by atoms with E-state index in [0.717, 1.165) is 12.2 Å². The summed E-state index contributed by atoms with van der Waals surface area (Å²) in [6.45, 7) is 4.02. The van der Waals surface area contributed by atoms with E-state index in [0.29, 0.717) is 37.6 Å². The van der Waals surface area contributed by atoms with Crippen LogP contribution in [-0.4, -0.2) is 46.9 Å². The van der Waals surface area contributed by atoms with Gasteiger partial charge in [-0.25, -0.2) is 9.37 Å². The van der Waals surface area contributed by atoms with E-state index in [1.54, 1.807) is 31.4 Å². The predicted molar refractivity (Wildman–Crippen MR) is 82.4 cm³/mol. The van der Waals surface area contributed by atoms with E-state index in [1.807, 2.05) is 0 Å². The number of halogens is 1. The number of hydrogen-bond acceptors (Lipinski definition) is 5. The van der Waals surface area contributed by atoms with Crippen molar-refractivity contribution in [1.82, 2.24) is 9.88 Å². The number of benzene rings is 1. The zero-order valence-corrected chi connectivity index (χ0v) is 13.2. The molecule has 1 aliphatic heterocycles. The highest BCUT2D eigenvalue weighted by Gasteiger charge is 2.37. The molecule has 1 unspecified atom stereocenters. The van der Waals surface area contributed by atoms with Gasteiger partial charge in [-0.3, -0.25) is 4.90 Å². The highest BCUT2D eigenvalue weighted by atomic mass is 19.1. The molecule has 6 heteroatoms. The fourth-order valence-electron chi connectivity index (χ4n) is 3.02. The monoisotopic (exact) mass is 320 g/mol. The van der Waals surface area contributed by atoms with Crippen LogP contribution in [0.5, 0.6) is 0 Å². The van der Waals surface area contributed by atoms with Crippen molar-refractivity contribution in [1.29, 1.82) is 0 Å². The molecule has 0 aliphatic carbocycles. The standard InChI is InChI=1S/C17H21FN2O3/c1-13-19-15(10-22-13)9-20-6-7-23-17(11-20,12-21)8-14-4-2-3-5-16(14)18/h2-5,10,21H,6-9,11-12H2,1H3. The quantitative estimate of drug-likeness (QED) is 0.912. The first kappa shape index (κ1) is 16.1. The van der Waals surface area contributed by atoms with E-state index in [9.17, 15) is 9.50 Å². The first-order valence-electron chi connectivity index (χ1n) is 7.72. The number of hydrogen-bond donors (Lipinski definition) is 1. The minimum atomic E-state index is -0.792. The molecule has 0 spiro atoms. The van der Waals surface area contributed by atoms with Crippen molar-refractivity contribution in [3.63, 3.8) is 0 Å². The Morgan fingerprint density at radius 2 is 2.22 bits per heavy atom. The summed E-state index contributed by atoms with van der Waals surface area (Å²) in [6, 6.07) is 6.61. The molecular formula is C17H21FN2O3. The zero-order chi connectivity index (χ0) is 16.3. The number of oxazole rings is 1. The van der Waals surface area contributed by atoms with Gasteiger partial charge >= 0.3 is 0 Å². The normalized spacial score (nSPS) is 22.4. The molecule has 1 atom stereocenters. The minimum Gasteiger partial charge on any atom is -0.449 e. The summed E-state index contributed by atoms with van der Waals surface area (Å²) in [4.78, 5) is 6.46. The number of ether oxygens (including phenoxy) is 1. The Hall–Kier alpha value is -1.76. The van der Waals surface area contributed by atoms with Crippen molar-refractivity contribution in [2.75, 3.05) is 26.3 Å². The lowest BCUT2D eigenvalue weighted by Crippen LogP contribution is -2.55. The van der Waals surface area contributed by atoms with E-state index >= 15 is 0 Å². The third kappa shape index (κ3) is 3.77. The summed E-state index contributed by atoms with van der Waals surface area (Å²) in [5.74, 6) is 0.362. The molecule has 0 bridgehead atoms. The van der Waals surface area contributed by atoms with Crippen molar-refractivity contribution in [2.45, 2.75) is 25.5 Å². The first-order chi connectivity index (χ1) is 11.1. The second-order valence-corrected chi connectivity index (χ2v) is 6.03. The number of aromatic nitrogens is 1. The summed E-state index contributed by atoms with van der Waals surface area (Å²) in [7, 11) is 0. The van der Waals surface area contributed by atoms with Crippen LogP contribution in [-0.2, 0) is 17.7 Å². The Labute approximate surface area is 134 Å². The number of aliphatic hydroxyl groups is 1. The molecule has 0 saturated carbocycles. The summed E-state index contributed by atoms with van der Waals surface area (Å²) >= 11 is 0. The van der Waals surface area contributed by atoms with Gasteiger partial charge in [-0.15, -0.1) is 0 Å². The Morgan fingerprint density at radius 1 is 1.39 bits per heavy atom. The number of rotatable bonds is 5. The zero-order valence-electron chi connectivity index (χ0n) is 13.2. The van der Waals surface area contributed by atoms with Crippen LogP contribution in [0.15, 0.2) is 34.9 Å². The Morgan fingerprint density at radius 3 is 2.91 bits per heavy atom. The highest BCUT2D eigenvalue weighted by Crippen LogP contribution is 2.25. The number of aryl methyl sites for hydroxylation is 1. The molecule has 1 aromatic heterocycles. The smallest absolute Gasteiger partial charge is 0.191 e. The van der Waals surface area contributed by atoms with Crippen molar-refractivity contribution >= 4 is 0 Å². The lowest BCUT2D eigenvalue weighted by atomic mass is 9.92. The molecule has 1 aromatic carbocycles. The number of aliphatic hydroxyl groups excluding tert-OH is 1. The summed E-state index contributed by atoms with van der Waals surface area (Å²) < 4.78 is 25.0. The SMILES string of the molecule is Cc1nc(CN2CCOC(CO)(Cc3ccccc3F)C2)co1. The largest absolute Gasteiger partial charge is 0.449 e. The molecular weight excluding hydrogens is 299 g/mol. The average Bonchev–Trinajstić information content (AvgIpc) is 2.95. The third-order valence-corrected chi connectivity index (χ3v) is 4.14. The number of morpholine rings is 1. The molecule has 1 N–H and O–H groups in total. The molecule has 1 saturated heterocycles. The molecule has 2 aromatic rings. The first-order valence-corrected chi connectivity index (χ1v) is 7.72. The van der Waals surface area contributed by atoms with Crippen molar-refractivity contribution < 1.29 is 18.7 Å². The van der Waals surface area contributed by atoms with Crippen LogP contribution >= 0.6 is 0 Å². The molecule has 0 amide bonds. The van der Waals surface area contributed by atoms with Crippen molar-refractivity contribution in [3.05, 3.63) is 53.5 Å². The van der Waals surface area contributed by atoms with E-state index in [-0.39, 0.29) is 12.4 Å². The maximum absolute atomic E-state index is 13.9. The lowest BCUT2D eigenvalue weighted by Gasteiger charge is -2.41. The second kappa shape index (κ2) is 6.78. The van der Waals surface area contributed by atoms with Gasteiger partial charge in [0.2, 0.25) is 0 Å². The lowest BCUT2D eigenvalue weighted by molar-refractivity contribution is -0.134. The van der Waals surface area contributed by atoms with Crippen LogP contribution < -0.4 is 0 Å². The van der Waals surface area contributed by atoms with Gasteiger partial charge in [0.15, 0.2) is 5.89 Å². The third-order valence-electron chi connectivity index (χ3n) is 4.14. The van der Waals surface area contributed by atoms with Gasteiger partial charge in [0.25, 0.3) is 0 Å². The van der Waals surface area contributed by atoms with Gasteiger partial charge in [0.1, 0.15) is 17.7 Å².